The molecule has 21 heavy (non-hydrogen) atoms. The van der Waals surface area contributed by atoms with E-state index in [4.69, 9.17) is 10.5 Å². The summed E-state index contributed by atoms with van der Waals surface area (Å²) in [5.74, 6) is 1.66. The molecule has 1 atom stereocenters. The first-order valence-corrected chi connectivity index (χ1v) is 8.23. The molecule has 1 unspecified atom stereocenters. The molecule has 1 aliphatic heterocycles. The SMILES string of the molecule is COc1ccc2nccc(N3CCC(SCCN)C3)c2n1. The fraction of sp³-hybridized carbons (Fsp3) is 0.467. The van der Waals surface area contributed by atoms with Gasteiger partial charge in [-0.3, -0.25) is 4.98 Å². The van der Waals surface area contributed by atoms with Crippen molar-refractivity contribution in [2.75, 3.05) is 37.4 Å². The summed E-state index contributed by atoms with van der Waals surface area (Å²) in [5.41, 5.74) is 8.57. The molecule has 0 aliphatic carbocycles. The smallest absolute Gasteiger partial charge is 0.213 e. The van der Waals surface area contributed by atoms with Crippen LogP contribution in [0.5, 0.6) is 5.88 Å². The van der Waals surface area contributed by atoms with Crippen molar-refractivity contribution in [3.8, 4) is 5.88 Å². The van der Waals surface area contributed by atoms with E-state index in [1.807, 2.05) is 36.2 Å². The van der Waals surface area contributed by atoms with Crippen LogP contribution in [0.2, 0.25) is 0 Å². The molecule has 0 amide bonds. The minimum atomic E-state index is 0.630. The van der Waals surface area contributed by atoms with Crippen LogP contribution in [-0.2, 0) is 0 Å². The van der Waals surface area contributed by atoms with Crippen molar-refractivity contribution in [2.45, 2.75) is 11.7 Å². The molecule has 2 aromatic heterocycles. The van der Waals surface area contributed by atoms with E-state index in [0.717, 1.165) is 42.1 Å². The number of aromatic nitrogens is 2. The van der Waals surface area contributed by atoms with Crippen molar-refractivity contribution in [3.05, 3.63) is 24.4 Å². The van der Waals surface area contributed by atoms with Crippen molar-refractivity contribution >= 4 is 28.5 Å². The second kappa shape index (κ2) is 6.49. The Labute approximate surface area is 128 Å². The van der Waals surface area contributed by atoms with E-state index < -0.39 is 0 Å². The van der Waals surface area contributed by atoms with E-state index in [0.29, 0.717) is 11.1 Å². The highest BCUT2D eigenvalue weighted by atomic mass is 32.2. The molecule has 112 valence electrons. The minimum Gasteiger partial charge on any atom is -0.481 e. The van der Waals surface area contributed by atoms with Gasteiger partial charge in [-0.05, 0) is 18.6 Å². The predicted octanol–water partition coefficient (Wildman–Crippen LogP) is 1.91. The Morgan fingerprint density at radius 1 is 1.43 bits per heavy atom. The highest BCUT2D eigenvalue weighted by molar-refractivity contribution is 7.99. The fourth-order valence-corrected chi connectivity index (χ4v) is 3.71. The second-order valence-corrected chi connectivity index (χ2v) is 6.48. The van der Waals surface area contributed by atoms with Gasteiger partial charge in [-0.25, -0.2) is 4.98 Å². The lowest BCUT2D eigenvalue weighted by Crippen LogP contribution is -2.21. The van der Waals surface area contributed by atoms with Crippen LogP contribution in [0.1, 0.15) is 6.42 Å². The van der Waals surface area contributed by atoms with Crippen molar-refractivity contribution in [1.29, 1.82) is 0 Å². The van der Waals surface area contributed by atoms with Gasteiger partial charge >= 0.3 is 0 Å². The summed E-state index contributed by atoms with van der Waals surface area (Å²) in [7, 11) is 1.64. The standard InChI is InChI=1S/C15H20N4OS/c1-20-14-3-2-12-15(18-14)13(4-7-17-12)19-8-5-11(10-19)21-9-6-16/h2-4,7,11H,5-6,8-10,16H2,1H3. The van der Waals surface area contributed by atoms with E-state index in [1.54, 1.807) is 7.11 Å². The summed E-state index contributed by atoms with van der Waals surface area (Å²) in [6.07, 6.45) is 3.05. The molecule has 0 spiro atoms. The molecule has 2 N–H and O–H groups in total. The topological polar surface area (TPSA) is 64.3 Å². The molecule has 1 aliphatic rings. The molecule has 0 radical (unpaired) electrons. The number of thioether (sulfide) groups is 1. The van der Waals surface area contributed by atoms with Crippen LogP contribution in [0, 0.1) is 0 Å². The number of rotatable bonds is 5. The molecule has 0 saturated carbocycles. The van der Waals surface area contributed by atoms with Gasteiger partial charge in [0.2, 0.25) is 5.88 Å². The lowest BCUT2D eigenvalue weighted by Gasteiger charge is -2.20. The molecule has 5 nitrogen and oxygen atoms in total. The Balaban J connectivity index is 1.86. The molecule has 2 aromatic rings. The van der Waals surface area contributed by atoms with Gasteiger partial charge in [0.05, 0.1) is 18.3 Å². The fourth-order valence-electron chi connectivity index (χ4n) is 2.68. The predicted molar refractivity (Wildman–Crippen MR) is 88.2 cm³/mol. The maximum Gasteiger partial charge on any atom is 0.213 e. The van der Waals surface area contributed by atoms with Gasteiger partial charge in [0.1, 0.15) is 5.52 Å². The van der Waals surface area contributed by atoms with Gasteiger partial charge in [-0.15, -0.1) is 0 Å². The number of anilines is 1. The summed E-state index contributed by atoms with van der Waals surface area (Å²) in [5, 5.41) is 0.655. The van der Waals surface area contributed by atoms with E-state index in [1.165, 1.54) is 6.42 Å². The molecule has 0 aromatic carbocycles. The number of methoxy groups -OCH3 is 1. The Bertz CT molecular complexity index is 622. The third-order valence-corrected chi connectivity index (χ3v) is 5.03. The Morgan fingerprint density at radius 2 is 2.33 bits per heavy atom. The zero-order chi connectivity index (χ0) is 14.7. The summed E-state index contributed by atoms with van der Waals surface area (Å²) in [6.45, 7) is 2.85. The minimum absolute atomic E-state index is 0.630. The average molecular weight is 304 g/mol. The third-order valence-electron chi connectivity index (χ3n) is 3.70. The number of nitrogens with zero attached hydrogens (tertiary/aromatic N) is 3. The summed E-state index contributed by atoms with van der Waals surface area (Å²) in [4.78, 5) is 11.4. The molecule has 3 heterocycles. The number of hydrogen-bond donors (Lipinski definition) is 1. The van der Waals surface area contributed by atoms with E-state index >= 15 is 0 Å². The van der Waals surface area contributed by atoms with Gasteiger partial charge in [-0.1, -0.05) is 0 Å². The highest BCUT2D eigenvalue weighted by Gasteiger charge is 2.24. The van der Waals surface area contributed by atoms with Crippen molar-refractivity contribution < 1.29 is 4.74 Å². The first-order valence-electron chi connectivity index (χ1n) is 7.18. The number of ether oxygens (including phenoxy) is 1. The van der Waals surface area contributed by atoms with Crippen LogP contribution in [0.3, 0.4) is 0 Å². The Hall–Kier alpha value is -1.53. The first kappa shape index (κ1) is 14.4. The molecular weight excluding hydrogens is 284 g/mol. The van der Waals surface area contributed by atoms with Gasteiger partial charge in [0.15, 0.2) is 0 Å². The van der Waals surface area contributed by atoms with Crippen LogP contribution >= 0.6 is 11.8 Å². The summed E-state index contributed by atoms with van der Waals surface area (Å²) < 4.78 is 5.24. The normalized spacial score (nSPS) is 18.4. The quantitative estimate of drug-likeness (QED) is 0.910. The van der Waals surface area contributed by atoms with Crippen molar-refractivity contribution in [3.63, 3.8) is 0 Å². The van der Waals surface area contributed by atoms with Crippen molar-refractivity contribution in [1.82, 2.24) is 9.97 Å². The zero-order valence-electron chi connectivity index (χ0n) is 12.2. The van der Waals surface area contributed by atoms with Crippen LogP contribution in [0.4, 0.5) is 5.69 Å². The van der Waals surface area contributed by atoms with Gasteiger partial charge in [-0.2, -0.15) is 11.8 Å². The lowest BCUT2D eigenvalue weighted by molar-refractivity contribution is 0.399. The van der Waals surface area contributed by atoms with Gasteiger partial charge < -0.3 is 15.4 Å². The molecule has 1 fully saturated rings. The maximum absolute atomic E-state index is 5.59. The average Bonchev–Trinajstić information content (AvgIpc) is 3.00. The van der Waals surface area contributed by atoms with Crippen LogP contribution in [0.25, 0.3) is 11.0 Å². The van der Waals surface area contributed by atoms with Crippen LogP contribution in [-0.4, -0.2) is 47.7 Å². The Kier molecular flexibility index (Phi) is 4.45. The largest absolute Gasteiger partial charge is 0.481 e. The zero-order valence-corrected chi connectivity index (χ0v) is 13.0. The monoisotopic (exact) mass is 304 g/mol. The summed E-state index contributed by atoms with van der Waals surface area (Å²) in [6, 6.07) is 5.86. The second-order valence-electron chi connectivity index (χ2n) is 5.07. The first-order chi connectivity index (χ1) is 10.3. The number of hydrogen-bond acceptors (Lipinski definition) is 6. The number of nitrogens with two attached hydrogens (primary N) is 1. The lowest BCUT2D eigenvalue weighted by atomic mass is 10.2. The molecular formula is C15H20N4OS. The maximum atomic E-state index is 5.59. The van der Waals surface area contributed by atoms with Crippen LogP contribution < -0.4 is 15.4 Å². The molecule has 0 bridgehead atoms. The molecule has 1 saturated heterocycles. The van der Waals surface area contributed by atoms with Crippen molar-refractivity contribution in [2.24, 2.45) is 5.73 Å². The Morgan fingerprint density at radius 3 is 3.14 bits per heavy atom. The molecule has 3 rings (SSSR count). The van der Waals surface area contributed by atoms with E-state index in [-0.39, 0.29) is 0 Å². The summed E-state index contributed by atoms with van der Waals surface area (Å²) >= 11 is 1.97. The van der Waals surface area contributed by atoms with Gasteiger partial charge in [0.25, 0.3) is 0 Å². The molecule has 6 heteroatoms. The van der Waals surface area contributed by atoms with E-state index in [9.17, 15) is 0 Å². The van der Waals surface area contributed by atoms with Gasteiger partial charge in [0, 0.05) is 42.9 Å². The highest BCUT2D eigenvalue weighted by Crippen LogP contribution is 2.31. The number of fused-ring (bicyclic) bond motifs is 1. The van der Waals surface area contributed by atoms with E-state index in [2.05, 4.69) is 14.9 Å². The van der Waals surface area contributed by atoms with Crippen LogP contribution in [0.15, 0.2) is 24.4 Å². The number of pyridine rings is 2. The third kappa shape index (κ3) is 3.06.